The molecule has 21 heavy (non-hydrogen) atoms. The lowest BCUT2D eigenvalue weighted by atomic mass is 10.0. The predicted molar refractivity (Wildman–Crippen MR) is 82.5 cm³/mol. The van der Waals surface area contributed by atoms with Crippen molar-refractivity contribution in [1.29, 1.82) is 0 Å². The van der Waals surface area contributed by atoms with E-state index in [2.05, 4.69) is 15.3 Å². The van der Waals surface area contributed by atoms with E-state index < -0.39 is 10.0 Å². The first-order valence-corrected chi connectivity index (χ1v) is 8.34. The van der Waals surface area contributed by atoms with E-state index in [9.17, 15) is 8.42 Å². The summed E-state index contributed by atoms with van der Waals surface area (Å²) in [6.45, 7) is 5.57. The first-order valence-electron chi connectivity index (χ1n) is 6.52. The quantitative estimate of drug-likeness (QED) is 0.626. The normalized spacial score (nSPS) is 20.4. The Morgan fingerprint density at radius 3 is 2.62 bits per heavy atom. The van der Waals surface area contributed by atoms with Crippen molar-refractivity contribution in [3.8, 4) is 0 Å². The van der Waals surface area contributed by atoms with Crippen LogP contribution in [-0.2, 0) is 10.0 Å². The molecule has 1 aromatic heterocycles. The largest absolute Gasteiger partial charge is 0.307 e. The van der Waals surface area contributed by atoms with Gasteiger partial charge in [-0.1, -0.05) is 11.6 Å². The molecule has 0 aliphatic carbocycles. The second kappa shape index (κ2) is 5.69. The average Bonchev–Trinajstić information content (AvgIpc) is 2.41. The number of nitrogens with one attached hydrogen (secondary N) is 1. The summed E-state index contributed by atoms with van der Waals surface area (Å²) < 4.78 is 26.8. The van der Waals surface area contributed by atoms with Crippen molar-refractivity contribution in [3.05, 3.63) is 17.3 Å². The first kappa shape index (κ1) is 16.4. The van der Waals surface area contributed by atoms with Crippen LogP contribution in [-0.4, -0.2) is 54.8 Å². The number of nitrogen functional groups attached to an aromatic ring is 1. The monoisotopic (exact) mass is 333 g/mol. The van der Waals surface area contributed by atoms with Gasteiger partial charge < -0.3 is 5.43 Å². The van der Waals surface area contributed by atoms with Gasteiger partial charge in [-0.3, -0.25) is 4.90 Å². The Morgan fingerprint density at radius 1 is 1.43 bits per heavy atom. The van der Waals surface area contributed by atoms with Gasteiger partial charge in [0, 0.05) is 31.4 Å². The molecule has 7 nitrogen and oxygen atoms in total. The Morgan fingerprint density at radius 2 is 2.10 bits per heavy atom. The number of aromatic nitrogens is 1. The Bertz CT molecular complexity index is 635. The highest BCUT2D eigenvalue weighted by Gasteiger charge is 2.37. The highest BCUT2D eigenvalue weighted by atomic mass is 35.5. The van der Waals surface area contributed by atoms with Crippen LogP contribution >= 0.6 is 11.6 Å². The van der Waals surface area contributed by atoms with Crippen LogP contribution in [0.15, 0.2) is 17.2 Å². The fraction of sp³-hybridized carbons (Fsp3) is 0.583. The summed E-state index contributed by atoms with van der Waals surface area (Å²) in [6.07, 6.45) is 1.27. The number of sulfonamides is 1. The molecule has 1 aliphatic heterocycles. The number of hydrazine groups is 1. The second-order valence-corrected chi connectivity index (χ2v) is 8.06. The lowest BCUT2D eigenvalue weighted by molar-refractivity contribution is 0.0801. The molecule has 3 N–H and O–H groups in total. The van der Waals surface area contributed by atoms with Crippen LogP contribution in [0.25, 0.3) is 0 Å². The molecule has 0 unspecified atom stereocenters. The van der Waals surface area contributed by atoms with Crippen LogP contribution in [0, 0.1) is 0 Å². The summed E-state index contributed by atoms with van der Waals surface area (Å²) >= 11 is 5.96. The maximum atomic E-state index is 12.7. The van der Waals surface area contributed by atoms with Gasteiger partial charge >= 0.3 is 0 Å². The fourth-order valence-electron chi connectivity index (χ4n) is 2.22. The van der Waals surface area contributed by atoms with Crippen LogP contribution in [0.2, 0.25) is 5.02 Å². The zero-order valence-electron chi connectivity index (χ0n) is 12.3. The average molecular weight is 334 g/mol. The summed E-state index contributed by atoms with van der Waals surface area (Å²) in [5.74, 6) is 5.49. The van der Waals surface area contributed by atoms with E-state index in [1.54, 1.807) is 0 Å². The van der Waals surface area contributed by atoms with Gasteiger partial charge in [0.05, 0.1) is 5.02 Å². The van der Waals surface area contributed by atoms with Gasteiger partial charge in [-0.2, -0.15) is 4.31 Å². The van der Waals surface area contributed by atoms with Crippen molar-refractivity contribution in [2.24, 2.45) is 5.84 Å². The smallest absolute Gasteiger partial charge is 0.244 e. The van der Waals surface area contributed by atoms with E-state index in [1.165, 1.54) is 16.6 Å². The third-order valence-corrected chi connectivity index (χ3v) is 5.97. The molecule has 1 saturated heterocycles. The molecular formula is C12H20ClN5O2S. The lowest BCUT2D eigenvalue weighted by Crippen LogP contribution is -2.58. The Balaban J connectivity index is 2.32. The number of likely N-dealkylation sites (N-methyl/N-ethyl adjacent to an activating group) is 1. The molecule has 0 radical (unpaired) electrons. The minimum Gasteiger partial charge on any atom is -0.307 e. The molecule has 2 heterocycles. The highest BCUT2D eigenvalue weighted by Crippen LogP contribution is 2.27. The molecule has 0 bridgehead atoms. The molecule has 0 aromatic carbocycles. The van der Waals surface area contributed by atoms with Crippen LogP contribution in [0.1, 0.15) is 13.8 Å². The maximum absolute atomic E-state index is 12.7. The van der Waals surface area contributed by atoms with E-state index in [1.807, 2.05) is 20.9 Å². The number of nitrogens with zero attached hydrogens (tertiary/aromatic N) is 3. The minimum absolute atomic E-state index is 0.0758. The third-order valence-electron chi connectivity index (χ3n) is 3.87. The summed E-state index contributed by atoms with van der Waals surface area (Å²) in [4.78, 5) is 6.15. The number of hydrogen-bond donors (Lipinski definition) is 2. The molecule has 118 valence electrons. The van der Waals surface area contributed by atoms with Gasteiger partial charge in [0.2, 0.25) is 10.0 Å². The van der Waals surface area contributed by atoms with Gasteiger partial charge in [-0.15, -0.1) is 0 Å². The van der Waals surface area contributed by atoms with Crippen LogP contribution in [0.5, 0.6) is 0 Å². The SMILES string of the molecule is CN1CCN(S(=O)(=O)c2cnc(NN)c(Cl)c2)CC1(C)C. The van der Waals surface area contributed by atoms with E-state index in [4.69, 9.17) is 17.4 Å². The van der Waals surface area contributed by atoms with E-state index in [0.29, 0.717) is 19.6 Å². The number of halogens is 1. The van der Waals surface area contributed by atoms with Gasteiger partial charge in [0.1, 0.15) is 4.90 Å². The van der Waals surface area contributed by atoms with Crippen LogP contribution in [0.3, 0.4) is 0 Å². The third kappa shape index (κ3) is 3.14. The fourth-order valence-corrected chi connectivity index (χ4v) is 4.06. The van der Waals surface area contributed by atoms with Crippen molar-refractivity contribution in [2.75, 3.05) is 32.1 Å². The Kier molecular flexibility index (Phi) is 4.46. The zero-order chi connectivity index (χ0) is 15.8. The minimum atomic E-state index is -3.61. The Hall–Kier alpha value is -0.930. The first-order chi connectivity index (χ1) is 9.68. The molecule has 1 fully saturated rings. The number of anilines is 1. The van der Waals surface area contributed by atoms with Crippen molar-refractivity contribution < 1.29 is 8.42 Å². The van der Waals surface area contributed by atoms with E-state index in [0.717, 1.165) is 0 Å². The standard InChI is InChI=1S/C12H20ClN5O2S/c1-12(2)8-18(5-4-17(12)3)21(19,20)9-6-10(13)11(16-14)15-7-9/h6-7H,4-5,8,14H2,1-3H3,(H,15,16). The Labute approximate surface area is 130 Å². The second-order valence-electron chi connectivity index (χ2n) is 5.72. The maximum Gasteiger partial charge on any atom is 0.244 e. The van der Waals surface area contributed by atoms with Crippen molar-refractivity contribution in [3.63, 3.8) is 0 Å². The van der Waals surface area contributed by atoms with Crippen molar-refractivity contribution in [2.45, 2.75) is 24.3 Å². The summed E-state index contributed by atoms with van der Waals surface area (Å²) in [6, 6.07) is 1.37. The predicted octanol–water partition coefficient (Wildman–Crippen LogP) is 0.735. The van der Waals surface area contributed by atoms with Gasteiger partial charge in [-0.25, -0.2) is 19.2 Å². The van der Waals surface area contributed by atoms with Gasteiger partial charge in [-0.05, 0) is 27.0 Å². The number of nitrogens with two attached hydrogens (primary N) is 1. The summed E-state index contributed by atoms with van der Waals surface area (Å²) in [7, 11) is -1.62. The number of pyridine rings is 1. The molecule has 0 spiro atoms. The topological polar surface area (TPSA) is 91.6 Å². The summed E-state index contributed by atoms with van der Waals surface area (Å²) in [5.41, 5.74) is 2.09. The highest BCUT2D eigenvalue weighted by molar-refractivity contribution is 7.89. The van der Waals surface area contributed by atoms with Gasteiger partial charge in [0.15, 0.2) is 5.82 Å². The molecule has 0 saturated carbocycles. The number of hydrogen-bond acceptors (Lipinski definition) is 6. The number of piperazine rings is 1. The molecule has 1 aliphatic rings. The molecule has 2 rings (SSSR count). The number of rotatable bonds is 3. The van der Waals surface area contributed by atoms with Gasteiger partial charge in [0.25, 0.3) is 0 Å². The summed E-state index contributed by atoms with van der Waals surface area (Å²) in [5, 5.41) is 0.173. The van der Waals surface area contributed by atoms with E-state index >= 15 is 0 Å². The lowest BCUT2D eigenvalue weighted by Gasteiger charge is -2.44. The molecule has 1 aromatic rings. The molecule has 0 atom stereocenters. The van der Waals surface area contributed by atoms with Crippen LogP contribution in [0.4, 0.5) is 5.82 Å². The molecular weight excluding hydrogens is 314 g/mol. The molecule has 0 amide bonds. The van der Waals surface area contributed by atoms with Crippen molar-refractivity contribution >= 4 is 27.4 Å². The van der Waals surface area contributed by atoms with Crippen molar-refractivity contribution in [1.82, 2.24) is 14.2 Å². The van der Waals surface area contributed by atoms with Crippen LogP contribution < -0.4 is 11.3 Å². The molecule has 9 heteroatoms. The van der Waals surface area contributed by atoms with E-state index in [-0.39, 0.29) is 21.3 Å². The zero-order valence-corrected chi connectivity index (χ0v) is 13.9.